The highest BCUT2D eigenvalue weighted by Crippen LogP contribution is 2.37. The number of para-hydroxylation sites is 1. The second-order valence-electron chi connectivity index (χ2n) is 6.78. The maximum Gasteiger partial charge on any atom is 0.253 e. The summed E-state index contributed by atoms with van der Waals surface area (Å²) in [5.74, 6) is -0.177. The first-order chi connectivity index (χ1) is 13.6. The van der Waals surface area contributed by atoms with E-state index in [1.165, 1.54) is 0 Å². The maximum absolute atomic E-state index is 12.8. The number of carbonyl (C=O) groups excluding carboxylic acids is 2. The number of hydrogen-bond acceptors (Lipinski definition) is 3. The lowest BCUT2D eigenvalue weighted by atomic mass is 10.1. The lowest BCUT2D eigenvalue weighted by molar-refractivity contribution is -0.118. The van der Waals surface area contributed by atoms with Crippen LogP contribution in [-0.4, -0.2) is 17.9 Å². The summed E-state index contributed by atoms with van der Waals surface area (Å²) in [5, 5.41) is 6.14. The number of benzene rings is 3. The van der Waals surface area contributed by atoms with E-state index in [1.54, 1.807) is 17.0 Å². The van der Waals surface area contributed by atoms with Crippen LogP contribution >= 0.6 is 0 Å². The van der Waals surface area contributed by atoms with Crippen molar-refractivity contribution in [1.29, 1.82) is 0 Å². The van der Waals surface area contributed by atoms with Crippen LogP contribution in [0.4, 0.5) is 17.1 Å². The molecule has 0 aliphatic carbocycles. The monoisotopic (exact) mass is 371 g/mol. The highest BCUT2D eigenvalue weighted by Gasteiger charge is 2.31. The fourth-order valence-electron chi connectivity index (χ4n) is 3.32. The van der Waals surface area contributed by atoms with Gasteiger partial charge < -0.3 is 10.6 Å². The van der Waals surface area contributed by atoms with E-state index < -0.39 is 0 Å². The lowest BCUT2D eigenvalue weighted by Gasteiger charge is -2.34. The first-order valence-electron chi connectivity index (χ1n) is 9.25. The predicted octanol–water partition coefficient (Wildman–Crippen LogP) is 4.10. The molecule has 0 bridgehead atoms. The number of nitrogens with one attached hydrogen (secondary N) is 2. The Morgan fingerprint density at radius 2 is 1.68 bits per heavy atom. The van der Waals surface area contributed by atoms with E-state index in [-0.39, 0.29) is 17.9 Å². The van der Waals surface area contributed by atoms with Gasteiger partial charge in [0, 0.05) is 17.8 Å². The maximum atomic E-state index is 12.8. The van der Waals surface area contributed by atoms with Gasteiger partial charge in [-0.1, -0.05) is 48.5 Å². The molecule has 2 N–H and O–H groups in total. The molecule has 2 amide bonds. The normalized spacial score (nSPS) is 15.5. The van der Waals surface area contributed by atoms with Crippen molar-refractivity contribution in [3.8, 4) is 0 Å². The predicted molar refractivity (Wildman–Crippen MR) is 111 cm³/mol. The number of anilines is 3. The third-order valence-corrected chi connectivity index (χ3v) is 4.77. The third-order valence-electron chi connectivity index (χ3n) is 4.77. The quantitative estimate of drug-likeness (QED) is 0.726. The van der Waals surface area contributed by atoms with Gasteiger partial charge in [-0.2, -0.15) is 0 Å². The Labute approximate surface area is 164 Å². The van der Waals surface area contributed by atoms with Crippen LogP contribution in [0.15, 0.2) is 78.9 Å². The van der Waals surface area contributed by atoms with Crippen LogP contribution < -0.4 is 15.5 Å². The summed E-state index contributed by atoms with van der Waals surface area (Å²) in [6, 6.07) is 24.3. The molecular weight excluding hydrogens is 350 g/mol. The molecule has 4 rings (SSSR count). The van der Waals surface area contributed by atoms with Crippen molar-refractivity contribution in [2.75, 3.05) is 10.2 Å². The molecule has 5 heteroatoms. The Kier molecular flexibility index (Phi) is 4.81. The SMILES string of the molecule is CC1Nc2cc(C(=O)NCc3ccccc3)ccc2N(c2ccccc2)C1=O. The first-order valence-corrected chi connectivity index (χ1v) is 9.25. The lowest BCUT2D eigenvalue weighted by Crippen LogP contribution is -2.43. The number of amides is 2. The summed E-state index contributed by atoms with van der Waals surface area (Å²) < 4.78 is 0. The van der Waals surface area contributed by atoms with E-state index in [0.29, 0.717) is 12.1 Å². The first kappa shape index (κ1) is 17.8. The van der Waals surface area contributed by atoms with Crippen molar-refractivity contribution in [3.63, 3.8) is 0 Å². The number of fused-ring (bicyclic) bond motifs is 1. The van der Waals surface area contributed by atoms with Gasteiger partial charge in [-0.3, -0.25) is 14.5 Å². The number of hydrogen-bond donors (Lipinski definition) is 2. The van der Waals surface area contributed by atoms with Gasteiger partial charge in [-0.25, -0.2) is 0 Å². The topological polar surface area (TPSA) is 61.4 Å². The minimum absolute atomic E-state index is 0.0278. The fraction of sp³-hybridized carbons (Fsp3) is 0.130. The molecule has 1 atom stereocenters. The van der Waals surface area contributed by atoms with E-state index in [4.69, 9.17) is 0 Å². The zero-order valence-electron chi connectivity index (χ0n) is 15.6. The molecule has 0 spiro atoms. The van der Waals surface area contributed by atoms with Crippen LogP contribution in [0.25, 0.3) is 0 Å². The molecule has 0 radical (unpaired) electrons. The molecule has 0 fully saturated rings. The molecule has 3 aromatic rings. The van der Waals surface area contributed by atoms with E-state index in [9.17, 15) is 9.59 Å². The van der Waals surface area contributed by atoms with Crippen molar-refractivity contribution in [3.05, 3.63) is 90.0 Å². The Hall–Kier alpha value is -3.60. The largest absolute Gasteiger partial charge is 0.372 e. The highest BCUT2D eigenvalue weighted by molar-refractivity contribution is 6.10. The van der Waals surface area contributed by atoms with Crippen molar-refractivity contribution >= 4 is 28.9 Å². The Balaban J connectivity index is 1.60. The zero-order chi connectivity index (χ0) is 19.5. The Morgan fingerprint density at radius 3 is 2.39 bits per heavy atom. The van der Waals surface area contributed by atoms with Crippen molar-refractivity contribution in [2.24, 2.45) is 0 Å². The van der Waals surface area contributed by atoms with Crippen molar-refractivity contribution in [2.45, 2.75) is 19.5 Å². The Morgan fingerprint density at radius 1 is 1.00 bits per heavy atom. The summed E-state index contributed by atoms with van der Waals surface area (Å²) in [6.45, 7) is 2.29. The highest BCUT2D eigenvalue weighted by atomic mass is 16.2. The smallest absolute Gasteiger partial charge is 0.253 e. The third kappa shape index (κ3) is 3.47. The second-order valence-corrected chi connectivity index (χ2v) is 6.78. The molecule has 0 aromatic heterocycles. The molecule has 28 heavy (non-hydrogen) atoms. The number of nitrogens with zero attached hydrogens (tertiary/aromatic N) is 1. The molecule has 140 valence electrons. The van der Waals surface area contributed by atoms with Crippen LogP contribution in [0.5, 0.6) is 0 Å². The van der Waals surface area contributed by atoms with Crippen LogP contribution in [-0.2, 0) is 11.3 Å². The number of carbonyl (C=O) groups is 2. The van der Waals surface area contributed by atoms with Gasteiger partial charge in [0.1, 0.15) is 6.04 Å². The van der Waals surface area contributed by atoms with Crippen LogP contribution in [0.1, 0.15) is 22.8 Å². The molecule has 1 aliphatic rings. The average Bonchev–Trinajstić information content (AvgIpc) is 2.74. The van der Waals surface area contributed by atoms with Crippen molar-refractivity contribution in [1.82, 2.24) is 5.32 Å². The summed E-state index contributed by atoms with van der Waals surface area (Å²) in [6.07, 6.45) is 0. The second kappa shape index (κ2) is 7.56. The number of rotatable bonds is 4. The van der Waals surface area contributed by atoms with Gasteiger partial charge in [0.15, 0.2) is 0 Å². The minimum atomic E-state index is -0.379. The Bertz CT molecular complexity index is 1000. The molecule has 1 aliphatic heterocycles. The fourth-order valence-corrected chi connectivity index (χ4v) is 3.32. The average molecular weight is 371 g/mol. The van der Waals surface area contributed by atoms with Gasteiger partial charge in [0.2, 0.25) is 0 Å². The minimum Gasteiger partial charge on any atom is -0.372 e. The standard InChI is InChI=1S/C23H21N3O2/c1-16-23(28)26(19-10-6-3-7-11-19)21-13-12-18(14-20(21)25-16)22(27)24-15-17-8-4-2-5-9-17/h2-14,16,25H,15H2,1H3,(H,24,27). The van der Waals surface area contributed by atoms with Gasteiger partial charge in [0.05, 0.1) is 11.4 Å². The van der Waals surface area contributed by atoms with Gasteiger partial charge in [-0.15, -0.1) is 0 Å². The van der Waals surface area contributed by atoms with Gasteiger partial charge >= 0.3 is 0 Å². The van der Waals surface area contributed by atoms with Crippen molar-refractivity contribution < 1.29 is 9.59 Å². The molecule has 3 aromatic carbocycles. The summed E-state index contributed by atoms with van der Waals surface area (Å²) in [4.78, 5) is 27.0. The zero-order valence-corrected chi connectivity index (χ0v) is 15.6. The van der Waals surface area contributed by atoms with Gasteiger partial charge in [-0.05, 0) is 42.8 Å². The van der Waals surface area contributed by atoms with Crippen LogP contribution in [0, 0.1) is 0 Å². The van der Waals surface area contributed by atoms with E-state index in [0.717, 1.165) is 22.6 Å². The summed E-state index contributed by atoms with van der Waals surface area (Å²) in [5.41, 5.74) is 3.92. The molecule has 0 saturated carbocycles. The summed E-state index contributed by atoms with van der Waals surface area (Å²) >= 11 is 0. The van der Waals surface area contributed by atoms with E-state index in [1.807, 2.05) is 73.7 Å². The summed E-state index contributed by atoms with van der Waals surface area (Å²) in [7, 11) is 0. The molecule has 5 nitrogen and oxygen atoms in total. The van der Waals surface area contributed by atoms with Gasteiger partial charge in [0.25, 0.3) is 11.8 Å². The van der Waals surface area contributed by atoms with Crippen LogP contribution in [0.3, 0.4) is 0 Å². The van der Waals surface area contributed by atoms with Crippen LogP contribution in [0.2, 0.25) is 0 Å². The molecule has 1 unspecified atom stereocenters. The molecule has 1 heterocycles. The van der Waals surface area contributed by atoms with E-state index >= 15 is 0 Å². The molecular formula is C23H21N3O2. The van der Waals surface area contributed by atoms with E-state index in [2.05, 4.69) is 10.6 Å². The molecule has 0 saturated heterocycles.